The second-order valence-electron chi connectivity index (χ2n) is 4.96. The first-order valence-corrected chi connectivity index (χ1v) is 7.51. The zero-order valence-corrected chi connectivity index (χ0v) is 12.1. The molecule has 0 amide bonds. The van der Waals surface area contributed by atoms with Gasteiger partial charge in [-0.05, 0) is 26.3 Å². The zero-order valence-electron chi connectivity index (χ0n) is 11.3. The van der Waals surface area contributed by atoms with Gasteiger partial charge in [-0.25, -0.2) is 4.98 Å². The molecular weight excluding hydrogens is 246 g/mol. The summed E-state index contributed by atoms with van der Waals surface area (Å²) in [7, 11) is 1.75. The van der Waals surface area contributed by atoms with Crippen molar-refractivity contribution in [3.63, 3.8) is 0 Å². The number of likely N-dealkylation sites (tertiary alicyclic amines) is 1. The van der Waals surface area contributed by atoms with Crippen LogP contribution < -0.4 is 5.73 Å². The molecule has 2 heterocycles. The minimum Gasteiger partial charge on any atom is -0.383 e. The number of rotatable bonds is 4. The van der Waals surface area contributed by atoms with Gasteiger partial charge in [0, 0.05) is 30.8 Å². The van der Waals surface area contributed by atoms with Crippen LogP contribution in [0.1, 0.15) is 36.0 Å². The standard InChI is InChI=1S/C13H23N3OS/c1-10-9-18-13(15-10)12-11(14)5-3-4-6-16(12)7-8-17-2/h9,11-12H,3-8,14H2,1-2H3. The first-order valence-electron chi connectivity index (χ1n) is 6.63. The molecule has 1 fully saturated rings. The van der Waals surface area contributed by atoms with Crippen LogP contribution in [0.2, 0.25) is 0 Å². The Morgan fingerprint density at radius 1 is 1.56 bits per heavy atom. The van der Waals surface area contributed by atoms with E-state index < -0.39 is 0 Å². The maximum atomic E-state index is 6.37. The zero-order chi connectivity index (χ0) is 13.0. The Bertz CT molecular complexity index is 369. The third-order valence-corrected chi connectivity index (χ3v) is 4.54. The molecule has 102 valence electrons. The maximum Gasteiger partial charge on any atom is 0.112 e. The fourth-order valence-corrected chi connectivity index (χ4v) is 3.57. The van der Waals surface area contributed by atoms with Gasteiger partial charge in [0.2, 0.25) is 0 Å². The van der Waals surface area contributed by atoms with Crippen LogP contribution in [-0.4, -0.2) is 42.7 Å². The normalized spacial score (nSPS) is 26.2. The van der Waals surface area contributed by atoms with Crippen LogP contribution in [0.4, 0.5) is 0 Å². The van der Waals surface area contributed by atoms with Gasteiger partial charge < -0.3 is 10.5 Å². The average molecular weight is 269 g/mol. The van der Waals surface area contributed by atoms with Gasteiger partial charge in [-0.3, -0.25) is 4.90 Å². The molecule has 1 aromatic rings. The predicted octanol–water partition coefficient (Wildman–Crippen LogP) is 1.95. The van der Waals surface area contributed by atoms with E-state index in [0.717, 1.165) is 36.8 Å². The average Bonchev–Trinajstić information content (AvgIpc) is 2.68. The summed E-state index contributed by atoms with van der Waals surface area (Å²) in [5.41, 5.74) is 7.46. The van der Waals surface area contributed by atoms with Crippen molar-refractivity contribution in [3.8, 4) is 0 Å². The van der Waals surface area contributed by atoms with Gasteiger partial charge in [-0.15, -0.1) is 11.3 Å². The van der Waals surface area contributed by atoms with Gasteiger partial charge in [0.15, 0.2) is 0 Å². The van der Waals surface area contributed by atoms with E-state index in [-0.39, 0.29) is 12.1 Å². The molecule has 1 aliphatic heterocycles. The highest BCUT2D eigenvalue weighted by Crippen LogP contribution is 2.31. The summed E-state index contributed by atoms with van der Waals surface area (Å²) in [6.07, 6.45) is 3.52. The van der Waals surface area contributed by atoms with Crippen molar-refractivity contribution in [2.75, 3.05) is 26.8 Å². The van der Waals surface area contributed by atoms with E-state index in [9.17, 15) is 0 Å². The van der Waals surface area contributed by atoms with Gasteiger partial charge in [-0.2, -0.15) is 0 Å². The number of nitrogens with zero attached hydrogens (tertiary/aromatic N) is 2. The minimum absolute atomic E-state index is 0.190. The number of aromatic nitrogens is 1. The summed E-state index contributed by atoms with van der Waals surface area (Å²) in [5.74, 6) is 0. The third kappa shape index (κ3) is 3.29. The summed E-state index contributed by atoms with van der Waals surface area (Å²) in [5, 5.41) is 3.28. The molecule has 2 N–H and O–H groups in total. The van der Waals surface area contributed by atoms with Crippen LogP contribution >= 0.6 is 11.3 Å². The molecule has 2 rings (SSSR count). The third-order valence-electron chi connectivity index (χ3n) is 3.50. The summed E-state index contributed by atoms with van der Waals surface area (Å²) in [4.78, 5) is 7.08. The molecule has 2 unspecified atom stereocenters. The molecule has 18 heavy (non-hydrogen) atoms. The fraction of sp³-hybridized carbons (Fsp3) is 0.769. The Morgan fingerprint density at radius 3 is 3.06 bits per heavy atom. The fourth-order valence-electron chi connectivity index (χ4n) is 2.57. The monoisotopic (exact) mass is 269 g/mol. The predicted molar refractivity (Wildman–Crippen MR) is 74.9 cm³/mol. The first kappa shape index (κ1) is 13.9. The Morgan fingerprint density at radius 2 is 2.39 bits per heavy atom. The number of thiazole rings is 1. The molecule has 4 nitrogen and oxygen atoms in total. The Hall–Kier alpha value is -0.490. The van der Waals surface area contributed by atoms with Crippen LogP contribution in [0.5, 0.6) is 0 Å². The lowest BCUT2D eigenvalue weighted by atomic mass is 10.0. The molecule has 0 aliphatic carbocycles. The molecule has 0 aromatic carbocycles. The van der Waals surface area contributed by atoms with Gasteiger partial charge in [0.1, 0.15) is 5.01 Å². The smallest absolute Gasteiger partial charge is 0.112 e. The summed E-state index contributed by atoms with van der Waals surface area (Å²) in [6.45, 7) is 4.84. The Balaban J connectivity index is 2.17. The number of methoxy groups -OCH3 is 1. The second kappa shape index (κ2) is 6.61. The van der Waals surface area contributed by atoms with Crippen LogP contribution in [-0.2, 0) is 4.74 Å². The molecule has 1 aromatic heterocycles. The van der Waals surface area contributed by atoms with Crippen molar-refractivity contribution in [2.45, 2.75) is 38.3 Å². The summed E-state index contributed by atoms with van der Waals surface area (Å²) in [6, 6.07) is 0.455. The summed E-state index contributed by atoms with van der Waals surface area (Å²) >= 11 is 1.73. The van der Waals surface area contributed by atoms with E-state index in [2.05, 4.69) is 15.3 Å². The highest BCUT2D eigenvalue weighted by Gasteiger charge is 2.30. The van der Waals surface area contributed by atoms with E-state index in [0.29, 0.717) is 0 Å². The van der Waals surface area contributed by atoms with Crippen LogP contribution in [0.25, 0.3) is 0 Å². The molecule has 1 saturated heterocycles. The number of ether oxygens (including phenoxy) is 1. The second-order valence-corrected chi connectivity index (χ2v) is 5.85. The maximum absolute atomic E-state index is 6.37. The van der Waals surface area contributed by atoms with Crippen LogP contribution in [0, 0.1) is 6.92 Å². The number of aryl methyl sites for hydroxylation is 1. The summed E-state index contributed by atoms with van der Waals surface area (Å²) < 4.78 is 5.21. The van der Waals surface area contributed by atoms with Crippen LogP contribution in [0.3, 0.4) is 0 Å². The Labute approximate surface area is 113 Å². The molecular formula is C13H23N3OS. The molecule has 0 spiro atoms. The van der Waals surface area contributed by atoms with Crippen molar-refractivity contribution in [2.24, 2.45) is 5.73 Å². The topological polar surface area (TPSA) is 51.4 Å². The highest BCUT2D eigenvalue weighted by atomic mass is 32.1. The molecule has 0 saturated carbocycles. The van der Waals surface area contributed by atoms with E-state index in [1.807, 2.05) is 6.92 Å². The first-order chi connectivity index (χ1) is 8.72. The molecule has 1 aliphatic rings. The van der Waals surface area contributed by atoms with Crippen molar-refractivity contribution < 1.29 is 4.74 Å². The number of hydrogen-bond acceptors (Lipinski definition) is 5. The van der Waals surface area contributed by atoms with Gasteiger partial charge in [0.25, 0.3) is 0 Å². The largest absolute Gasteiger partial charge is 0.383 e. The van der Waals surface area contributed by atoms with E-state index >= 15 is 0 Å². The van der Waals surface area contributed by atoms with Crippen molar-refractivity contribution in [3.05, 3.63) is 16.1 Å². The van der Waals surface area contributed by atoms with Crippen molar-refractivity contribution in [1.29, 1.82) is 0 Å². The van der Waals surface area contributed by atoms with E-state index in [4.69, 9.17) is 10.5 Å². The lowest BCUT2D eigenvalue weighted by Crippen LogP contribution is -2.41. The molecule has 0 bridgehead atoms. The van der Waals surface area contributed by atoms with Gasteiger partial charge in [0.05, 0.1) is 12.6 Å². The number of hydrogen-bond donors (Lipinski definition) is 1. The van der Waals surface area contributed by atoms with E-state index in [1.165, 1.54) is 12.8 Å². The lowest BCUT2D eigenvalue weighted by Gasteiger charge is -2.31. The Kier molecular flexibility index (Phi) is 5.12. The molecule has 0 radical (unpaired) electrons. The van der Waals surface area contributed by atoms with Crippen molar-refractivity contribution in [1.82, 2.24) is 9.88 Å². The van der Waals surface area contributed by atoms with Crippen molar-refractivity contribution >= 4 is 11.3 Å². The lowest BCUT2D eigenvalue weighted by molar-refractivity contribution is 0.115. The number of nitrogens with two attached hydrogens (primary N) is 1. The molecule has 5 heteroatoms. The van der Waals surface area contributed by atoms with Crippen LogP contribution in [0.15, 0.2) is 5.38 Å². The minimum atomic E-state index is 0.190. The van der Waals surface area contributed by atoms with Gasteiger partial charge in [-0.1, -0.05) is 6.42 Å². The highest BCUT2D eigenvalue weighted by molar-refractivity contribution is 7.09. The molecule has 2 atom stereocenters. The quantitative estimate of drug-likeness (QED) is 0.908. The van der Waals surface area contributed by atoms with E-state index in [1.54, 1.807) is 18.4 Å². The SMILES string of the molecule is COCCN1CCCCC(N)C1c1nc(C)cs1. The van der Waals surface area contributed by atoms with Gasteiger partial charge >= 0.3 is 0 Å².